The molecule has 1 aromatic heterocycles. The average Bonchev–Trinajstić information content (AvgIpc) is 2.49. The summed E-state index contributed by atoms with van der Waals surface area (Å²) in [6, 6.07) is 0. The van der Waals surface area contributed by atoms with Crippen molar-refractivity contribution in [2.45, 2.75) is 27.2 Å². The average molecular weight is 178 g/mol. The van der Waals surface area contributed by atoms with Gasteiger partial charge in [0.25, 0.3) is 0 Å². The lowest BCUT2D eigenvalue weighted by atomic mass is 10.0. The molecule has 0 saturated heterocycles. The number of rotatable bonds is 2. The van der Waals surface area contributed by atoms with Gasteiger partial charge in [0.05, 0.1) is 11.8 Å². The Kier molecular flexibility index (Phi) is 1.62. The molecule has 70 valence electrons. The number of furan rings is 1. The summed E-state index contributed by atoms with van der Waals surface area (Å²) in [5, 5.41) is 0. The van der Waals surface area contributed by atoms with Gasteiger partial charge in [0.1, 0.15) is 6.26 Å². The number of carbonyl (C=O) groups is 1. The summed E-state index contributed by atoms with van der Waals surface area (Å²) in [7, 11) is 0. The highest BCUT2D eigenvalue weighted by Gasteiger charge is 2.50. The van der Waals surface area contributed by atoms with E-state index in [1.807, 2.05) is 6.92 Å². The summed E-state index contributed by atoms with van der Waals surface area (Å²) in [4.78, 5) is 11.8. The van der Waals surface area contributed by atoms with Crippen LogP contribution in [0.4, 0.5) is 0 Å². The summed E-state index contributed by atoms with van der Waals surface area (Å²) in [6.07, 6.45) is 4.20. The number of hydrogen-bond acceptors (Lipinski definition) is 2. The van der Waals surface area contributed by atoms with Crippen molar-refractivity contribution in [3.63, 3.8) is 0 Å². The molecule has 1 aliphatic rings. The van der Waals surface area contributed by atoms with Crippen molar-refractivity contribution in [1.29, 1.82) is 0 Å². The van der Waals surface area contributed by atoms with Gasteiger partial charge in [0, 0.05) is 5.92 Å². The van der Waals surface area contributed by atoms with Gasteiger partial charge in [0.15, 0.2) is 5.78 Å². The fraction of sp³-hybridized carbons (Fsp3) is 0.545. The molecule has 0 aromatic carbocycles. The number of carbonyl (C=O) groups excluding carboxylic acids is 1. The first-order chi connectivity index (χ1) is 6.02. The van der Waals surface area contributed by atoms with Crippen molar-refractivity contribution in [3.8, 4) is 0 Å². The molecule has 2 rings (SSSR count). The third-order valence-electron chi connectivity index (χ3n) is 2.95. The maximum absolute atomic E-state index is 11.8. The van der Waals surface area contributed by atoms with Gasteiger partial charge >= 0.3 is 0 Å². The van der Waals surface area contributed by atoms with E-state index < -0.39 is 0 Å². The topological polar surface area (TPSA) is 30.2 Å². The zero-order chi connectivity index (χ0) is 9.64. The second-order valence-electron chi connectivity index (χ2n) is 4.58. The van der Waals surface area contributed by atoms with Gasteiger partial charge in [-0.3, -0.25) is 4.79 Å². The van der Waals surface area contributed by atoms with Crippen molar-refractivity contribution in [1.82, 2.24) is 0 Å². The third-order valence-corrected chi connectivity index (χ3v) is 2.95. The third kappa shape index (κ3) is 1.30. The minimum atomic E-state index is 0.209. The molecular formula is C11H14O2. The second kappa shape index (κ2) is 2.47. The number of ketones is 1. The molecule has 1 aromatic rings. The molecule has 0 N–H and O–H groups in total. The van der Waals surface area contributed by atoms with Gasteiger partial charge in [-0.25, -0.2) is 0 Å². The quantitative estimate of drug-likeness (QED) is 0.652. The summed E-state index contributed by atoms with van der Waals surface area (Å²) < 4.78 is 4.99. The zero-order valence-corrected chi connectivity index (χ0v) is 8.26. The molecular weight excluding hydrogens is 164 g/mol. The lowest BCUT2D eigenvalue weighted by Crippen LogP contribution is -2.06. The molecule has 1 heterocycles. The monoisotopic (exact) mass is 178 g/mol. The smallest absolute Gasteiger partial charge is 0.169 e. The van der Waals surface area contributed by atoms with E-state index in [-0.39, 0.29) is 17.1 Å². The molecule has 0 radical (unpaired) electrons. The molecule has 0 spiro atoms. The van der Waals surface area contributed by atoms with E-state index in [2.05, 4.69) is 13.8 Å². The van der Waals surface area contributed by atoms with Gasteiger partial charge in [0.2, 0.25) is 0 Å². The first kappa shape index (κ1) is 8.54. The van der Waals surface area contributed by atoms with Crippen LogP contribution in [0.1, 0.15) is 36.2 Å². The molecule has 0 aliphatic heterocycles. The van der Waals surface area contributed by atoms with Crippen LogP contribution in [0.3, 0.4) is 0 Å². The Bertz CT molecular complexity index is 347. The Morgan fingerprint density at radius 1 is 1.54 bits per heavy atom. The molecule has 1 fully saturated rings. The molecule has 13 heavy (non-hydrogen) atoms. The fourth-order valence-electron chi connectivity index (χ4n) is 1.72. The number of Topliss-reactive ketones (excluding diaryl/α,β-unsaturated/α-hetero) is 1. The van der Waals surface area contributed by atoms with Crippen molar-refractivity contribution in [2.24, 2.45) is 11.3 Å². The molecule has 1 atom stereocenters. The van der Waals surface area contributed by atoms with Crippen molar-refractivity contribution in [2.75, 3.05) is 0 Å². The van der Waals surface area contributed by atoms with Gasteiger partial charge in [-0.1, -0.05) is 13.8 Å². The summed E-state index contributed by atoms with van der Waals surface area (Å²) in [5.41, 5.74) is 1.92. The van der Waals surface area contributed by atoms with E-state index >= 15 is 0 Å². The van der Waals surface area contributed by atoms with Crippen LogP contribution < -0.4 is 0 Å². The normalized spacial score (nSPS) is 24.4. The van der Waals surface area contributed by atoms with Crippen LogP contribution in [0.5, 0.6) is 0 Å². The lowest BCUT2D eigenvalue weighted by molar-refractivity contribution is 0.0952. The fourth-order valence-corrected chi connectivity index (χ4v) is 1.72. The van der Waals surface area contributed by atoms with E-state index in [0.29, 0.717) is 0 Å². The van der Waals surface area contributed by atoms with Crippen molar-refractivity contribution < 1.29 is 9.21 Å². The van der Waals surface area contributed by atoms with Crippen LogP contribution in [-0.4, -0.2) is 5.78 Å². The van der Waals surface area contributed by atoms with Crippen LogP contribution in [0.2, 0.25) is 0 Å². The molecule has 0 bridgehead atoms. The Morgan fingerprint density at radius 2 is 2.15 bits per heavy atom. The van der Waals surface area contributed by atoms with E-state index in [4.69, 9.17) is 4.42 Å². The lowest BCUT2D eigenvalue weighted by Gasteiger charge is -2.00. The highest BCUT2D eigenvalue weighted by molar-refractivity contribution is 6.00. The highest BCUT2D eigenvalue weighted by Crippen LogP contribution is 2.53. The summed E-state index contributed by atoms with van der Waals surface area (Å²) in [5.74, 6) is 0.458. The minimum absolute atomic E-state index is 0.209. The van der Waals surface area contributed by atoms with Crippen LogP contribution in [-0.2, 0) is 0 Å². The minimum Gasteiger partial charge on any atom is -0.472 e. The van der Waals surface area contributed by atoms with Crippen molar-refractivity contribution >= 4 is 5.78 Å². The molecule has 1 aliphatic carbocycles. The predicted molar refractivity (Wildman–Crippen MR) is 49.7 cm³/mol. The van der Waals surface area contributed by atoms with E-state index in [0.717, 1.165) is 17.5 Å². The highest BCUT2D eigenvalue weighted by atomic mass is 16.3. The molecule has 2 heteroatoms. The molecule has 0 amide bonds. The van der Waals surface area contributed by atoms with Gasteiger partial charge in [-0.2, -0.15) is 0 Å². The Labute approximate surface area is 77.9 Å². The zero-order valence-electron chi connectivity index (χ0n) is 8.26. The van der Waals surface area contributed by atoms with Crippen molar-refractivity contribution in [3.05, 3.63) is 23.7 Å². The van der Waals surface area contributed by atoms with Gasteiger partial charge in [-0.15, -0.1) is 0 Å². The number of hydrogen-bond donors (Lipinski definition) is 0. The largest absolute Gasteiger partial charge is 0.472 e. The number of aryl methyl sites for hydroxylation is 1. The Morgan fingerprint density at radius 3 is 2.54 bits per heavy atom. The standard InChI is InChI=1S/C11H14O2/c1-7-5-13-6-8(7)10(12)9-4-11(9,2)3/h5-6,9H,4H2,1-3H3. The van der Waals surface area contributed by atoms with Crippen LogP contribution in [0.15, 0.2) is 16.9 Å². The van der Waals surface area contributed by atoms with E-state index in [9.17, 15) is 4.79 Å². The molecule has 1 saturated carbocycles. The maximum atomic E-state index is 11.8. The molecule has 2 nitrogen and oxygen atoms in total. The first-order valence-corrected chi connectivity index (χ1v) is 4.59. The van der Waals surface area contributed by atoms with Crippen LogP contribution >= 0.6 is 0 Å². The maximum Gasteiger partial charge on any atom is 0.169 e. The predicted octanol–water partition coefficient (Wildman–Crippen LogP) is 2.82. The Balaban J connectivity index is 2.21. The van der Waals surface area contributed by atoms with E-state index in [1.165, 1.54) is 0 Å². The SMILES string of the molecule is Cc1cocc1C(=O)C1CC1(C)C. The van der Waals surface area contributed by atoms with Crippen LogP contribution in [0, 0.1) is 18.3 Å². The summed E-state index contributed by atoms with van der Waals surface area (Å²) in [6.45, 7) is 6.17. The molecule has 1 unspecified atom stereocenters. The Hall–Kier alpha value is -1.05. The second-order valence-corrected chi connectivity index (χ2v) is 4.58. The first-order valence-electron chi connectivity index (χ1n) is 4.59. The summed E-state index contributed by atoms with van der Waals surface area (Å²) >= 11 is 0. The van der Waals surface area contributed by atoms with Crippen LogP contribution in [0.25, 0.3) is 0 Å². The van der Waals surface area contributed by atoms with Gasteiger partial charge < -0.3 is 4.42 Å². The van der Waals surface area contributed by atoms with Gasteiger partial charge in [-0.05, 0) is 24.3 Å². The van der Waals surface area contributed by atoms with E-state index in [1.54, 1.807) is 12.5 Å².